The van der Waals surface area contributed by atoms with E-state index in [2.05, 4.69) is 10.6 Å². The Labute approximate surface area is 168 Å². The second-order valence-corrected chi connectivity index (χ2v) is 9.34. The molecule has 7 nitrogen and oxygen atoms in total. The monoisotopic (exact) mass is 422 g/mol. The minimum absolute atomic E-state index is 0.00994. The lowest BCUT2D eigenvalue weighted by Crippen LogP contribution is -2.27. The molecule has 0 aromatic heterocycles. The smallest absolute Gasteiger partial charge is 0.262 e. The first-order valence-electron chi connectivity index (χ1n) is 8.53. The Morgan fingerprint density at radius 2 is 2.04 bits per heavy atom. The van der Waals surface area contributed by atoms with Crippen LogP contribution in [0.5, 0.6) is 5.75 Å². The van der Waals surface area contributed by atoms with E-state index in [-0.39, 0.29) is 23.8 Å². The number of anilines is 2. The molecule has 0 spiro atoms. The highest BCUT2D eigenvalue weighted by Gasteiger charge is 2.28. The van der Waals surface area contributed by atoms with Crippen molar-refractivity contribution in [3.8, 4) is 5.75 Å². The van der Waals surface area contributed by atoms with E-state index in [1.165, 1.54) is 25.1 Å². The highest BCUT2D eigenvalue weighted by Crippen LogP contribution is 2.31. The summed E-state index contributed by atoms with van der Waals surface area (Å²) in [7, 11) is -3.79. The van der Waals surface area contributed by atoms with Crippen LogP contribution in [0, 0.1) is 6.92 Å². The Morgan fingerprint density at radius 1 is 1.29 bits per heavy atom. The van der Waals surface area contributed by atoms with Gasteiger partial charge in [-0.2, -0.15) is 0 Å². The maximum Gasteiger partial charge on any atom is 0.262 e. The van der Waals surface area contributed by atoms with Gasteiger partial charge in [-0.1, -0.05) is 17.7 Å². The number of halogens is 1. The molecular formula is C19H19ClN2O5S. The molecule has 2 aromatic carbocycles. The number of nitrogens with one attached hydrogen (secondary N) is 2. The molecule has 2 N–H and O–H groups in total. The summed E-state index contributed by atoms with van der Waals surface area (Å²) < 4.78 is 30.9. The van der Waals surface area contributed by atoms with Gasteiger partial charge in [0.1, 0.15) is 5.75 Å². The summed E-state index contributed by atoms with van der Waals surface area (Å²) in [6.07, 6.45) is -0.228. The van der Waals surface area contributed by atoms with Crippen molar-refractivity contribution in [3.63, 3.8) is 0 Å². The number of sulfone groups is 1. The zero-order valence-electron chi connectivity index (χ0n) is 15.3. The van der Waals surface area contributed by atoms with Gasteiger partial charge < -0.3 is 15.4 Å². The Bertz CT molecular complexity index is 1050. The summed E-state index contributed by atoms with van der Waals surface area (Å²) >= 11 is 6.04. The van der Waals surface area contributed by atoms with Crippen LogP contribution < -0.4 is 15.4 Å². The molecule has 1 atom stereocenters. The van der Waals surface area contributed by atoms with Crippen molar-refractivity contribution in [2.45, 2.75) is 30.4 Å². The lowest BCUT2D eigenvalue weighted by atomic mass is 10.2. The van der Waals surface area contributed by atoms with E-state index in [1.54, 1.807) is 18.2 Å². The van der Waals surface area contributed by atoms with Crippen LogP contribution in [0.3, 0.4) is 0 Å². The van der Waals surface area contributed by atoms with E-state index in [1.807, 2.05) is 6.92 Å². The van der Waals surface area contributed by atoms with Gasteiger partial charge >= 0.3 is 0 Å². The average molecular weight is 423 g/mol. The van der Waals surface area contributed by atoms with Crippen molar-refractivity contribution in [1.82, 2.24) is 0 Å². The molecule has 2 amide bonds. The Kier molecular flexibility index (Phi) is 5.62. The van der Waals surface area contributed by atoms with Crippen molar-refractivity contribution in [2.24, 2.45) is 0 Å². The predicted molar refractivity (Wildman–Crippen MR) is 107 cm³/mol. The molecule has 1 aliphatic heterocycles. The van der Waals surface area contributed by atoms with Gasteiger partial charge in [-0.25, -0.2) is 8.42 Å². The van der Waals surface area contributed by atoms with Crippen LogP contribution in [-0.2, 0) is 19.4 Å². The standard InChI is InChI=1S/C19H19ClN2O5S/c1-11-3-4-13(8-15(11)20)21-18(23)7-12(2)28(25,26)14-5-6-17-16(9-14)22-19(24)10-27-17/h3-6,8-9,12H,7,10H2,1-2H3,(H,21,23)(H,22,24)/t12-/m0/s1. The Hall–Kier alpha value is -2.58. The molecule has 0 radical (unpaired) electrons. The lowest BCUT2D eigenvalue weighted by molar-refractivity contribution is -0.118. The fourth-order valence-corrected chi connectivity index (χ4v) is 4.28. The van der Waals surface area contributed by atoms with Crippen molar-refractivity contribution in [2.75, 3.05) is 17.2 Å². The van der Waals surface area contributed by atoms with E-state index < -0.39 is 21.0 Å². The third kappa shape index (κ3) is 4.28. The summed E-state index contributed by atoms with van der Waals surface area (Å²) in [6, 6.07) is 9.31. The zero-order valence-corrected chi connectivity index (χ0v) is 16.9. The van der Waals surface area contributed by atoms with Gasteiger partial charge in [0, 0.05) is 17.1 Å². The topological polar surface area (TPSA) is 102 Å². The Morgan fingerprint density at radius 3 is 2.75 bits per heavy atom. The molecule has 148 valence electrons. The van der Waals surface area contributed by atoms with Gasteiger partial charge in [0.05, 0.1) is 15.8 Å². The first kappa shape index (κ1) is 20.2. The molecule has 0 aliphatic carbocycles. The normalized spacial score (nSPS) is 14.5. The van der Waals surface area contributed by atoms with E-state index in [9.17, 15) is 18.0 Å². The van der Waals surface area contributed by atoms with Gasteiger partial charge in [0.2, 0.25) is 5.91 Å². The largest absolute Gasteiger partial charge is 0.482 e. The maximum atomic E-state index is 12.8. The predicted octanol–water partition coefficient (Wildman–Crippen LogP) is 3.17. The number of aryl methyl sites for hydroxylation is 1. The molecule has 9 heteroatoms. The molecule has 3 rings (SSSR count). The molecule has 0 fully saturated rings. The molecule has 28 heavy (non-hydrogen) atoms. The van der Waals surface area contributed by atoms with E-state index in [4.69, 9.17) is 16.3 Å². The van der Waals surface area contributed by atoms with Crippen LogP contribution in [0.2, 0.25) is 5.02 Å². The van der Waals surface area contributed by atoms with Crippen LogP contribution in [-0.4, -0.2) is 32.1 Å². The number of ether oxygens (including phenoxy) is 1. The molecule has 0 saturated heterocycles. The van der Waals surface area contributed by atoms with Crippen molar-refractivity contribution in [1.29, 1.82) is 0 Å². The summed E-state index contributed by atoms with van der Waals surface area (Å²) in [4.78, 5) is 23.7. The number of fused-ring (bicyclic) bond motifs is 1. The summed E-state index contributed by atoms with van der Waals surface area (Å²) in [5, 5.41) is 4.77. The molecule has 0 unspecified atom stereocenters. The minimum Gasteiger partial charge on any atom is -0.482 e. The van der Waals surface area contributed by atoms with Gasteiger partial charge in [-0.05, 0) is 49.7 Å². The SMILES string of the molecule is Cc1ccc(NC(=O)C[C@H](C)S(=O)(=O)c2ccc3c(c2)NC(=O)CO3)cc1Cl. The fourth-order valence-electron chi connectivity index (χ4n) is 2.72. The number of amides is 2. The summed E-state index contributed by atoms with van der Waals surface area (Å²) in [5.41, 5.74) is 1.67. The summed E-state index contributed by atoms with van der Waals surface area (Å²) in [6.45, 7) is 3.19. The first-order valence-corrected chi connectivity index (χ1v) is 10.5. The van der Waals surface area contributed by atoms with Gasteiger partial charge in [0.15, 0.2) is 16.4 Å². The maximum absolute atomic E-state index is 12.8. The number of hydrogen-bond donors (Lipinski definition) is 2. The number of benzene rings is 2. The second kappa shape index (κ2) is 7.81. The number of carbonyl (C=O) groups excluding carboxylic acids is 2. The Balaban J connectivity index is 1.73. The highest BCUT2D eigenvalue weighted by molar-refractivity contribution is 7.92. The van der Waals surface area contributed by atoms with Crippen LogP contribution >= 0.6 is 11.6 Å². The quantitative estimate of drug-likeness (QED) is 0.770. The highest BCUT2D eigenvalue weighted by atomic mass is 35.5. The van der Waals surface area contributed by atoms with Crippen LogP contribution in [0.25, 0.3) is 0 Å². The van der Waals surface area contributed by atoms with E-state index in [0.29, 0.717) is 22.1 Å². The number of hydrogen-bond acceptors (Lipinski definition) is 5. The first-order chi connectivity index (χ1) is 13.2. The van der Waals surface area contributed by atoms with E-state index >= 15 is 0 Å². The third-order valence-corrected chi connectivity index (χ3v) is 6.91. The molecule has 2 aromatic rings. The van der Waals surface area contributed by atoms with Gasteiger partial charge in [-0.15, -0.1) is 0 Å². The fraction of sp³-hybridized carbons (Fsp3) is 0.263. The van der Waals surface area contributed by atoms with Crippen molar-refractivity contribution < 1.29 is 22.7 Å². The van der Waals surface area contributed by atoms with E-state index in [0.717, 1.165) is 5.56 Å². The minimum atomic E-state index is -3.79. The lowest BCUT2D eigenvalue weighted by Gasteiger charge is -2.19. The molecular weight excluding hydrogens is 404 g/mol. The molecule has 0 saturated carbocycles. The third-order valence-electron chi connectivity index (χ3n) is 4.37. The second-order valence-electron chi connectivity index (χ2n) is 6.57. The van der Waals surface area contributed by atoms with Gasteiger partial charge in [0.25, 0.3) is 5.91 Å². The number of rotatable bonds is 5. The van der Waals surface area contributed by atoms with Crippen LogP contribution in [0.15, 0.2) is 41.3 Å². The zero-order chi connectivity index (χ0) is 20.5. The average Bonchev–Trinajstić information content (AvgIpc) is 2.64. The molecule has 1 aliphatic rings. The number of carbonyl (C=O) groups is 2. The van der Waals surface area contributed by atoms with Gasteiger partial charge in [-0.3, -0.25) is 9.59 Å². The van der Waals surface area contributed by atoms with Crippen molar-refractivity contribution in [3.05, 3.63) is 47.0 Å². The summed E-state index contributed by atoms with van der Waals surface area (Å²) in [5.74, 6) is -0.392. The van der Waals surface area contributed by atoms with Crippen LogP contribution in [0.1, 0.15) is 18.9 Å². The molecule has 1 heterocycles. The molecule has 0 bridgehead atoms. The van der Waals surface area contributed by atoms with Crippen LogP contribution in [0.4, 0.5) is 11.4 Å². The van der Waals surface area contributed by atoms with Crippen molar-refractivity contribution >= 4 is 44.6 Å².